The summed E-state index contributed by atoms with van der Waals surface area (Å²) in [4.78, 5) is 11.7. The molecule has 0 radical (unpaired) electrons. The Balaban J connectivity index is 1.78. The Labute approximate surface area is 142 Å². The first-order chi connectivity index (χ1) is 11.8. The van der Waals surface area contributed by atoms with Crippen molar-refractivity contribution in [1.29, 1.82) is 0 Å². The highest BCUT2D eigenvalue weighted by Gasteiger charge is 2.18. The van der Waals surface area contributed by atoms with Gasteiger partial charge in [-0.05, 0) is 56.3 Å². The van der Waals surface area contributed by atoms with Gasteiger partial charge in [0.2, 0.25) is 0 Å². The molecule has 0 aliphatic carbocycles. The van der Waals surface area contributed by atoms with Crippen molar-refractivity contribution in [2.75, 3.05) is 26.2 Å². The van der Waals surface area contributed by atoms with E-state index in [2.05, 4.69) is 50.9 Å². The molecule has 3 aromatic rings. The summed E-state index contributed by atoms with van der Waals surface area (Å²) in [5.74, 6) is 0. The number of aromatic nitrogens is 3. The Kier molecular flexibility index (Phi) is 4.28. The molecule has 24 heavy (non-hydrogen) atoms. The van der Waals surface area contributed by atoms with Crippen LogP contribution in [0.1, 0.15) is 17.7 Å². The number of pyridine rings is 2. The van der Waals surface area contributed by atoms with Crippen LogP contribution in [0.4, 0.5) is 0 Å². The Bertz CT molecular complexity index is 816. The van der Waals surface area contributed by atoms with E-state index in [1.54, 1.807) is 0 Å². The zero-order chi connectivity index (χ0) is 16.4. The number of nitrogens with one attached hydrogen (secondary N) is 1. The van der Waals surface area contributed by atoms with Crippen LogP contribution in [0.5, 0.6) is 0 Å². The van der Waals surface area contributed by atoms with Gasteiger partial charge in [-0.1, -0.05) is 0 Å². The Morgan fingerprint density at radius 2 is 2.17 bits per heavy atom. The van der Waals surface area contributed by atoms with Gasteiger partial charge in [0.05, 0.1) is 11.4 Å². The molecular weight excluding hydrogens is 298 g/mol. The maximum absolute atomic E-state index is 4.91. The van der Waals surface area contributed by atoms with Crippen LogP contribution in [-0.2, 0) is 6.54 Å². The lowest BCUT2D eigenvalue weighted by Gasteiger charge is -2.20. The molecule has 1 aliphatic heterocycles. The van der Waals surface area contributed by atoms with E-state index in [0.717, 1.165) is 49.6 Å². The van der Waals surface area contributed by atoms with Gasteiger partial charge in [-0.2, -0.15) is 0 Å². The predicted molar refractivity (Wildman–Crippen MR) is 95.9 cm³/mol. The van der Waals surface area contributed by atoms with E-state index >= 15 is 0 Å². The van der Waals surface area contributed by atoms with E-state index in [9.17, 15) is 0 Å². The van der Waals surface area contributed by atoms with Crippen molar-refractivity contribution in [1.82, 2.24) is 24.6 Å². The summed E-state index contributed by atoms with van der Waals surface area (Å²) in [6.45, 7) is 7.38. The quantitative estimate of drug-likeness (QED) is 0.805. The van der Waals surface area contributed by atoms with Crippen molar-refractivity contribution in [3.63, 3.8) is 0 Å². The number of aryl methyl sites for hydroxylation is 1. The van der Waals surface area contributed by atoms with E-state index in [4.69, 9.17) is 4.98 Å². The van der Waals surface area contributed by atoms with Crippen LogP contribution in [0, 0.1) is 6.92 Å². The molecule has 0 aromatic carbocycles. The van der Waals surface area contributed by atoms with Crippen molar-refractivity contribution in [3.05, 3.63) is 54.1 Å². The number of hydrogen-bond acceptors (Lipinski definition) is 4. The first-order valence-corrected chi connectivity index (χ1v) is 8.62. The van der Waals surface area contributed by atoms with Gasteiger partial charge in [-0.3, -0.25) is 9.88 Å². The van der Waals surface area contributed by atoms with Gasteiger partial charge in [-0.25, -0.2) is 4.98 Å². The van der Waals surface area contributed by atoms with E-state index in [1.807, 2.05) is 18.5 Å². The van der Waals surface area contributed by atoms with Crippen LogP contribution in [-0.4, -0.2) is 45.4 Å². The molecule has 4 heterocycles. The van der Waals surface area contributed by atoms with Crippen molar-refractivity contribution in [3.8, 4) is 11.3 Å². The van der Waals surface area contributed by atoms with Crippen molar-refractivity contribution in [2.24, 2.45) is 0 Å². The third-order valence-corrected chi connectivity index (χ3v) is 4.62. The fourth-order valence-electron chi connectivity index (χ4n) is 3.35. The number of imidazole rings is 1. The second kappa shape index (κ2) is 6.71. The van der Waals surface area contributed by atoms with Crippen molar-refractivity contribution < 1.29 is 0 Å². The lowest BCUT2D eigenvalue weighted by atomic mass is 10.1. The first kappa shape index (κ1) is 15.3. The Morgan fingerprint density at radius 3 is 3.04 bits per heavy atom. The largest absolute Gasteiger partial charge is 0.315 e. The molecule has 1 N–H and O–H groups in total. The summed E-state index contributed by atoms with van der Waals surface area (Å²) < 4.78 is 2.23. The molecule has 0 amide bonds. The van der Waals surface area contributed by atoms with Crippen LogP contribution in [0.25, 0.3) is 16.9 Å². The van der Waals surface area contributed by atoms with E-state index in [-0.39, 0.29) is 0 Å². The Morgan fingerprint density at radius 1 is 1.21 bits per heavy atom. The maximum atomic E-state index is 4.91. The lowest BCUT2D eigenvalue weighted by Crippen LogP contribution is -2.28. The highest BCUT2D eigenvalue weighted by molar-refractivity contribution is 5.66. The lowest BCUT2D eigenvalue weighted by molar-refractivity contribution is 0.281. The molecule has 0 spiro atoms. The van der Waals surface area contributed by atoms with Gasteiger partial charge in [0.1, 0.15) is 5.65 Å². The van der Waals surface area contributed by atoms with E-state index < -0.39 is 0 Å². The summed E-state index contributed by atoms with van der Waals surface area (Å²) in [5.41, 5.74) is 5.63. The zero-order valence-electron chi connectivity index (χ0n) is 14.1. The molecule has 5 heteroatoms. The fraction of sp³-hybridized carbons (Fsp3) is 0.368. The average Bonchev–Trinajstić information content (AvgIpc) is 2.77. The average molecular weight is 321 g/mol. The molecule has 0 saturated carbocycles. The third kappa shape index (κ3) is 3.05. The predicted octanol–water partition coefficient (Wildman–Crippen LogP) is 2.50. The number of rotatable bonds is 3. The fourth-order valence-corrected chi connectivity index (χ4v) is 3.35. The summed E-state index contributed by atoms with van der Waals surface area (Å²) >= 11 is 0. The molecule has 4 rings (SSSR count). The molecule has 1 fully saturated rings. The molecule has 0 atom stereocenters. The summed E-state index contributed by atoms with van der Waals surface area (Å²) in [7, 11) is 0. The van der Waals surface area contributed by atoms with Gasteiger partial charge in [0.15, 0.2) is 0 Å². The standard InChI is InChI=1S/C19H23N5/c1-15-5-10-24-17(14-23-9-3-7-20-8-11-23)19(22-18(24)12-15)16-4-2-6-21-13-16/h2,4-6,10,12-13,20H,3,7-9,11,14H2,1H3. The molecule has 3 aromatic heterocycles. The normalized spacial score (nSPS) is 16.4. The van der Waals surface area contributed by atoms with Gasteiger partial charge in [0.25, 0.3) is 0 Å². The number of hydrogen-bond donors (Lipinski definition) is 1. The second-order valence-electron chi connectivity index (χ2n) is 6.46. The number of nitrogens with zero attached hydrogens (tertiary/aromatic N) is 4. The molecule has 5 nitrogen and oxygen atoms in total. The van der Waals surface area contributed by atoms with Gasteiger partial charge in [-0.15, -0.1) is 0 Å². The molecule has 1 aliphatic rings. The van der Waals surface area contributed by atoms with Crippen LogP contribution < -0.4 is 5.32 Å². The van der Waals surface area contributed by atoms with Crippen LogP contribution in [0.3, 0.4) is 0 Å². The maximum Gasteiger partial charge on any atom is 0.137 e. The minimum Gasteiger partial charge on any atom is -0.315 e. The van der Waals surface area contributed by atoms with E-state index in [0.29, 0.717) is 0 Å². The zero-order valence-corrected chi connectivity index (χ0v) is 14.1. The monoisotopic (exact) mass is 321 g/mol. The summed E-state index contributed by atoms with van der Waals surface area (Å²) in [6.07, 6.45) is 7.05. The van der Waals surface area contributed by atoms with Gasteiger partial charge in [0, 0.05) is 43.8 Å². The van der Waals surface area contributed by atoms with Gasteiger partial charge < -0.3 is 9.72 Å². The Hall–Kier alpha value is -2.24. The van der Waals surface area contributed by atoms with Crippen LogP contribution in [0.15, 0.2) is 42.9 Å². The second-order valence-corrected chi connectivity index (χ2v) is 6.46. The van der Waals surface area contributed by atoms with E-state index in [1.165, 1.54) is 17.7 Å². The first-order valence-electron chi connectivity index (χ1n) is 8.62. The number of fused-ring (bicyclic) bond motifs is 1. The summed E-state index contributed by atoms with van der Waals surface area (Å²) in [6, 6.07) is 8.36. The SMILES string of the molecule is Cc1ccn2c(CN3CCCNCC3)c(-c3cccnc3)nc2c1. The summed E-state index contributed by atoms with van der Waals surface area (Å²) in [5, 5.41) is 3.47. The topological polar surface area (TPSA) is 45.5 Å². The highest BCUT2D eigenvalue weighted by atomic mass is 15.2. The minimum atomic E-state index is 0.913. The molecular formula is C19H23N5. The van der Waals surface area contributed by atoms with Crippen LogP contribution in [0.2, 0.25) is 0 Å². The van der Waals surface area contributed by atoms with Crippen molar-refractivity contribution in [2.45, 2.75) is 19.9 Å². The third-order valence-electron chi connectivity index (χ3n) is 4.62. The highest BCUT2D eigenvalue weighted by Crippen LogP contribution is 2.25. The smallest absolute Gasteiger partial charge is 0.137 e. The van der Waals surface area contributed by atoms with Gasteiger partial charge >= 0.3 is 0 Å². The van der Waals surface area contributed by atoms with Crippen molar-refractivity contribution >= 4 is 5.65 Å². The molecule has 0 unspecified atom stereocenters. The molecule has 1 saturated heterocycles. The minimum absolute atomic E-state index is 0.913. The molecule has 0 bridgehead atoms. The molecule has 124 valence electrons. The van der Waals surface area contributed by atoms with Crippen LogP contribution >= 0.6 is 0 Å².